The predicted molar refractivity (Wildman–Crippen MR) is 77.0 cm³/mol. The Morgan fingerprint density at radius 3 is 2.05 bits per heavy atom. The van der Waals surface area contributed by atoms with Gasteiger partial charge in [0.2, 0.25) is 5.91 Å². The molecular weight excluding hydrogens is 242 g/mol. The van der Waals surface area contributed by atoms with Crippen LogP contribution in [0.3, 0.4) is 0 Å². The summed E-state index contributed by atoms with van der Waals surface area (Å²) in [5, 5.41) is 11.6. The number of hydrogen-bond acceptors (Lipinski definition) is 2. The van der Waals surface area contributed by atoms with Crippen LogP contribution in [0.5, 0.6) is 0 Å². The molecule has 0 aliphatic rings. The van der Waals surface area contributed by atoms with Gasteiger partial charge in [0.15, 0.2) is 0 Å². The van der Waals surface area contributed by atoms with E-state index in [1.165, 1.54) is 32.1 Å². The van der Waals surface area contributed by atoms with Crippen molar-refractivity contribution in [1.29, 1.82) is 0 Å². The van der Waals surface area contributed by atoms with Gasteiger partial charge >= 0.3 is 5.97 Å². The molecule has 0 fully saturated rings. The van der Waals surface area contributed by atoms with Crippen LogP contribution < -0.4 is 5.32 Å². The van der Waals surface area contributed by atoms with Gasteiger partial charge in [-0.2, -0.15) is 0 Å². The summed E-state index contributed by atoms with van der Waals surface area (Å²) in [7, 11) is 0. The van der Waals surface area contributed by atoms with Crippen molar-refractivity contribution in [3.63, 3.8) is 0 Å². The van der Waals surface area contributed by atoms with Crippen molar-refractivity contribution < 1.29 is 14.7 Å². The number of aliphatic carboxylic acids is 1. The molecule has 0 aromatic carbocycles. The molecule has 0 rings (SSSR count). The molecule has 2 unspecified atom stereocenters. The van der Waals surface area contributed by atoms with Crippen molar-refractivity contribution >= 4 is 11.9 Å². The third-order valence-electron chi connectivity index (χ3n) is 3.54. The maximum Gasteiger partial charge on any atom is 0.308 e. The van der Waals surface area contributed by atoms with Crippen LogP contribution in [0.2, 0.25) is 0 Å². The van der Waals surface area contributed by atoms with Crippen molar-refractivity contribution in [3.05, 3.63) is 0 Å². The van der Waals surface area contributed by atoms with Crippen LogP contribution in [0.4, 0.5) is 0 Å². The number of unbranched alkanes of at least 4 members (excludes halogenated alkanes) is 6. The van der Waals surface area contributed by atoms with E-state index < -0.39 is 11.9 Å². The van der Waals surface area contributed by atoms with Crippen molar-refractivity contribution in [2.24, 2.45) is 5.92 Å². The third-order valence-corrected chi connectivity index (χ3v) is 3.54. The molecule has 0 heterocycles. The van der Waals surface area contributed by atoms with Crippen LogP contribution in [0.1, 0.15) is 72.1 Å². The summed E-state index contributed by atoms with van der Waals surface area (Å²) in [6.45, 7) is 5.55. The first-order valence-corrected chi connectivity index (χ1v) is 7.51. The largest absolute Gasteiger partial charge is 0.481 e. The summed E-state index contributed by atoms with van der Waals surface area (Å²) in [4.78, 5) is 22.4. The molecule has 0 saturated heterocycles. The molecule has 0 aliphatic heterocycles. The summed E-state index contributed by atoms with van der Waals surface area (Å²) in [6, 6.07) is -0.311. The van der Waals surface area contributed by atoms with E-state index in [2.05, 4.69) is 12.2 Å². The van der Waals surface area contributed by atoms with E-state index in [1.807, 2.05) is 0 Å². The fraction of sp³-hybridized carbons (Fsp3) is 0.867. The Kier molecular flexibility index (Phi) is 10.2. The van der Waals surface area contributed by atoms with E-state index in [0.29, 0.717) is 6.42 Å². The fourth-order valence-corrected chi connectivity index (χ4v) is 1.91. The van der Waals surface area contributed by atoms with E-state index >= 15 is 0 Å². The standard InChI is InChI=1S/C15H29NO3/c1-4-5-6-7-8-9-10-11-14(17)16-13(3)12(2)15(18)19/h12-13H,4-11H2,1-3H3,(H,16,17)(H,18,19). The summed E-state index contributed by atoms with van der Waals surface area (Å²) in [5.41, 5.74) is 0. The average molecular weight is 271 g/mol. The van der Waals surface area contributed by atoms with Crippen molar-refractivity contribution in [3.8, 4) is 0 Å². The molecule has 0 aromatic rings. The van der Waals surface area contributed by atoms with Gasteiger partial charge in [-0.1, -0.05) is 45.4 Å². The van der Waals surface area contributed by atoms with Gasteiger partial charge in [-0.05, 0) is 20.3 Å². The lowest BCUT2D eigenvalue weighted by Gasteiger charge is -2.17. The van der Waals surface area contributed by atoms with Crippen LogP contribution in [0.25, 0.3) is 0 Å². The minimum atomic E-state index is -0.872. The molecule has 2 N–H and O–H groups in total. The van der Waals surface area contributed by atoms with Gasteiger partial charge in [0.25, 0.3) is 0 Å². The molecule has 1 amide bonds. The number of amides is 1. The van der Waals surface area contributed by atoms with Crippen molar-refractivity contribution in [2.75, 3.05) is 0 Å². The predicted octanol–water partition coefficient (Wildman–Crippen LogP) is 3.35. The lowest BCUT2D eigenvalue weighted by molar-refractivity contribution is -0.142. The Balaban J connectivity index is 3.56. The zero-order chi connectivity index (χ0) is 14.7. The molecule has 112 valence electrons. The second-order valence-electron chi connectivity index (χ2n) is 5.35. The second kappa shape index (κ2) is 10.8. The molecular formula is C15H29NO3. The van der Waals surface area contributed by atoms with Crippen LogP contribution in [0, 0.1) is 5.92 Å². The Bertz CT molecular complexity index is 266. The Morgan fingerprint density at radius 1 is 1.00 bits per heavy atom. The highest BCUT2D eigenvalue weighted by atomic mass is 16.4. The smallest absolute Gasteiger partial charge is 0.308 e. The molecule has 4 heteroatoms. The van der Waals surface area contributed by atoms with Gasteiger partial charge in [-0.3, -0.25) is 9.59 Å². The van der Waals surface area contributed by atoms with Gasteiger partial charge in [-0.15, -0.1) is 0 Å². The first-order valence-electron chi connectivity index (χ1n) is 7.51. The number of carbonyl (C=O) groups is 2. The van der Waals surface area contributed by atoms with E-state index in [1.54, 1.807) is 13.8 Å². The molecule has 0 spiro atoms. The van der Waals surface area contributed by atoms with E-state index in [4.69, 9.17) is 5.11 Å². The van der Waals surface area contributed by atoms with Crippen molar-refractivity contribution in [2.45, 2.75) is 78.2 Å². The van der Waals surface area contributed by atoms with Gasteiger partial charge < -0.3 is 10.4 Å². The summed E-state index contributed by atoms with van der Waals surface area (Å²) in [6.07, 6.45) is 8.76. The molecule has 19 heavy (non-hydrogen) atoms. The molecule has 4 nitrogen and oxygen atoms in total. The molecule has 0 bridgehead atoms. The number of carboxylic acid groups (broad SMARTS) is 1. The van der Waals surface area contributed by atoms with Crippen LogP contribution in [0.15, 0.2) is 0 Å². The molecule has 0 aromatic heterocycles. The zero-order valence-corrected chi connectivity index (χ0v) is 12.6. The van der Waals surface area contributed by atoms with Crippen LogP contribution in [-0.2, 0) is 9.59 Å². The van der Waals surface area contributed by atoms with E-state index in [0.717, 1.165) is 12.8 Å². The Labute approximate surface area is 117 Å². The Morgan fingerprint density at radius 2 is 1.53 bits per heavy atom. The topological polar surface area (TPSA) is 66.4 Å². The summed E-state index contributed by atoms with van der Waals surface area (Å²) in [5.74, 6) is -1.45. The quantitative estimate of drug-likeness (QED) is 0.566. The number of carboxylic acids is 1. The van der Waals surface area contributed by atoms with Crippen LogP contribution in [-0.4, -0.2) is 23.0 Å². The van der Waals surface area contributed by atoms with E-state index in [9.17, 15) is 9.59 Å². The highest BCUT2D eigenvalue weighted by Gasteiger charge is 2.20. The van der Waals surface area contributed by atoms with Crippen molar-refractivity contribution in [1.82, 2.24) is 5.32 Å². The van der Waals surface area contributed by atoms with E-state index in [-0.39, 0.29) is 11.9 Å². The van der Waals surface area contributed by atoms with Gasteiger partial charge in [0.05, 0.1) is 5.92 Å². The fourth-order valence-electron chi connectivity index (χ4n) is 1.91. The monoisotopic (exact) mass is 271 g/mol. The number of hydrogen-bond donors (Lipinski definition) is 2. The molecule has 0 radical (unpaired) electrons. The van der Waals surface area contributed by atoms with Crippen LogP contribution >= 0.6 is 0 Å². The lowest BCUT2D eigenvalue weighted by atomic mass is 10.0. The maximum atomic E-state index is 11.6. The molecule has 0 saturated carbocycles. The lowest BCUT2D eigenvalue weighted by Crippen LogP contribution is -2.39. The Hall–Kier alpha value is -1.06. The average Bonchev–Trinajstić information content (AvgIpc) is 2.36. The normalized spacial score (nSPS) is 13.8. The van der Waals surface area contributed by atoms with Gasteiger partial charge in [-0.25, -0.2) is 0 Å². The highest BCUT2D eigenvalue weighted by Crippen LogP contribution is 2.09. The first-order chi connectivity index (χ1) is 8.99. The zero-order valence-electron chi connectivity index (χ0n) is 12.6. The first kappa shape index (κ1) is 17.9. The SMILES string of the molecule is CCCCCCCCCC(=O)NC(C)C(C)C(=O)O. The molecule has 2 atom stereocenters. The number of carbonyl (C=O) groups excluding carboxylic acids is 1. The minimum Gasteiger partial charge on any atom is -0.481 e. The van der Waals surface area contributed by atoms with Gasteiger partial charge in [0, 0.05) is 12.5 Å². The maximum absolute atomic E-state index is 11.6. The number of nitrogens with one attached hydrogen (secondary N) is 1. The second-order valence-corrected chi connectivity index (χ2v) is 5.35. The third kappa shape index (κ3) is 9.51. The summed E-state index contributed by atoms with van der Waals surface area (Å²) < 4.78 is 0. The molecule has 0 aliphatic carbocycles. The number of rotatable bonds is 11. The summed E-state index contributed by atoms with van der Waals surface area (Å²) >= 11 is 0. The van der Waals surface area contributed by atoms with Gasteiger partial charge in [0.1, 0.15) is 0 Å². The minimum absolute atomic E-state index is 0.0332. The highest BCUT2D eigenvalue weighted by molar-refractivity contribution is 5.77.